The second kappa shape index (κ2) is 5.78. The number of benzene rings is 1. The number of carbonyl (C=O) groups excluding carboxylic acids is 1. The number of hydrogen-bond acceptors (Lipinski definition) is 1. The van der Waals surface area contributed by atoms with E-state index in [2.05, 4.69) is 12.2 Å². The van der Waals surface area contributed by atoms with Crippen LogP contribution in [-0.2, 0) is 11.3 Å². The Morgan fingerprint density at radius 2 is 1.95 bits per heavy atom. The molecule has 2 nitrogen and oxygen atoms in total. The summed E-state index contributed by atoms with van der Waals surface area (Å²) in [5, 5.41) is 0. The Labute approximate surface area is 119 Å². The molecule has 0 spiro atoms. The van der Waals surface area contributed by atoms with Gasteiger partial charge in [-0.3, -0.25) is 4.79 Å². The Kier molecular flexibility index (Phi) is 3.86. The first kappa shape index (κ1) is 13.3. The zero-order chi connectivity index (χ0) is 13.9. The lowest BCUT2D eigenvalue weighted by molar-refractivity contribution is -0.133. The molecule has 0 radical (unpaired) electrons. The standard InChI is InChI=1S/C17H20FNO/c18-15-7-5-14(6-8-15)12-19(16-9-10-16)17(20)11-13-3-1-2-4-13/h1,3,5-8,13,16H,2,4,9-12H2/t13-/m0/s1. The van der Waals surface area contributed by atoms with Crippen molar-refractivity contribution in [3.8, 4) is 0 Å². The molecule has 0 unspecified atom stereocenters. The van der Waals surface area contributed by atoms with E-state index in [0.29, 0.717) is 24.9 Å². The fourth-order valence-corrected chi connectivity index (χ4v) is 2.80. The maximum atomic E-state index is 12.9. The van der Waals surface area contributed by atoms with Gasteiger partial charge in [0.1, 0.15) is 5.82 Å². The summed E-state index contributed by atoms with van der Waals surface area (Å²) in [5.41, 5.74) is 1.01. The Bertz CT molecular complexity index is 504. The number of hydrogen-bond donors (Lipinski definition) is 0. The predicted molar refractivity (Wildman–Crippen MR) is 76.5 cm³/mol. The minimum absolute atomic E-state index is 0.228. The molecule has 1 aromatic rings. The van der Waals surface area contributed by atoms with Crippen LogP contribution in [-0.4, -0.2) is 16.8 Å². The monoisotopic (exact) mass is 273 g/mol. The maximum absolute atomic E-state index is 12.9. The van der Waals surface area contributed by atoms with Crippen LogP contribution in [0.25, 0.3) is 0 Å². The highest BCUT2D eigenvalue weighted by atomic mass is 19.1. The summed E-state index contributed by atoms with van der Waals surface area (Å²) in [4.78, 5) is 14.5. The van der Waals surface area contributed by atoms with Crippen molar-refractivity contribution in [3.05, 3.63) is 47.8 Å². The van der Waals surface area contributed by atoms with E-state index < -0.39 is 0 Å². The van der Waals surface area contributed by atoms with E-state index in [1.54, 1.807) is 12.1 Å². The molecular weight excluding hydrogens is 253 g/mol. The largest absolute Gasteiger partial charge is 0.335 e. The van der Waals surface area contributed by atoms with Gasteiger partial charge in [0.2, 0.25) is 5.91 Å². The third-order valence-electron chi connectivity index (χ3n) is 4.12. The summed E-state index contributed by atoms with van der Waals surface area (Å²) < 4.78 is 12.9. The molecule has 3 rings (SSSR count). The van der Waals surface area contributed by atoms with Gasteiger partial charge in [0.15, 0.2) is 0 Å². The van der Waals surface area contributed by atoms with Gasteiger partial charge < -0.3 is 4.90 Å². The quantitative estimate of drug-likeness (QED) is 0.749. The molecule has 106 valence electrons. The fraction of sp³-hybridized carbons (Fsp3) is 0.471. The topological polar surface area (TPSA) is 20.3 Å². The molecule has 1 fully saturated rings. The van der Waals surface area contributed by atoms with Crippen LogP contribution in [0.1, 0.15) is 37.7 Å². The molecule has 0 heterocycles. The SMILES string of the molecule is O=C(C[C@H]1C=CCC1)N(Cc1ccc(F)cc1)C1CC1. The molecule has 2 aliphatic carbocycles. The summed E-state index contributed by atoms with van der Waals surface area (Å²) in [5.74, 6) is 0.430. The third-order valence-corrected chi connectivity index (χ3v) is 4.12. The summed E-state index contributed by atoms with van der Waals surface area (Å²) in [6, 6.07) is 6.87. The zero-order valence-electron chi connectivity index (χ0n) is 11.6. The molecule has 0 aliphatic heterocycles. The van der Waals surface area contributed by atoms with Gasteiger partial charge in [-0.1, -0.05) is 24.3 Å². The Hall–Kier alpha value is -1.64. The molecule has 0 saturated heterocycles. The van der Waals surface area contributed by atoms with E-state index in [1.165, 1.54) is 12.1 Å². The molecule has 20 heavy (non-hydrogen) atoms. The Balaban J connectivity index is 1.64. The minimum atomic E-state index is -0.228. The highest BCUT2D eigenvalue weighted by Gasteiger charge is 2.33. The second-order valence-electron chi connectivity index (χ2n) is 5.85. The van der Waals surface area contributed by atoms with Crippen LogP contribution in [0.3, 0.4) is 0 Å². The molecular formula is C17H20FNO. The first-order valence-corrected chi connectivity index (χ1v) is 7.43. The van der Waals surface area contributed by atoms with Crippen molar-refractivity contribution in [1.29, 1.82) is 0 Å². The summed E-state index contributed by atoms with van der Waals surface area (Å²) in [6.07, 6.45) is 9.36. The number of carbonyl (C=O) groups is 1. The van der Waals surface area contributed by atoms with Crippen LogP contribution in [0.15, 0.2) is 36.4 Å². The molecule has 3 heteroatoms. The molecule has 0 aromatic heterocycles. The molecule has 1 saturated carbocycles. The highest BCUT2D eigenvalue weighted by Crippen LogP contribution is 2.31. The Morgan fingerprint density at radius 1 is 1.20 bits per heavy atom. The van der Waals surface area contributed by atoms with Crippen molar-refractivity contribution in [3.63, 3.8) is 0 Å². The van der Waals surface area contributed by atoms with E-state index in [4.69, 9.17) is 0 Å². The smallest absolute Gasteiger partial charge is 0.223 e. The van der Waals surface area contributed by atoms with Gasteiger partial charge in [-0.15, -0.1) is 0 Å². The van der Waals surface area contributed by atoms with Crippen molar-refractivity contribution in [2.45, 2.75) is 44.7 Å². The summed E-state index contributed by atoms with van der Waals surface area (Å²) in [7, 11) is 0. The summed E-state index contributed by atoms with van der Waals surface area (Å²) >= 11 is 0. The van der Waals surface area contributed by atoms with Crippen molar-refractivity contribution in [2.24, 2.45) is 5.92 Å². The van der Waals surface area contributed by atoms with Gasteiger partial charge in [-0.25, -0.2) is 4.39 Å². The molecule has 1 atom stereocenters. The molecule has 1 aromatic carbocycles. The van der Waals surface area contributed by atoms with E-state index in [0.717, 1.165) is 31.2 Å². The molecule has 0 N–H and O–H groups in total. The van der Waals surface area contributed by atoms with Gasteiger partial charge in [0.05, 0.1) is 0 Å². The van der Waals surface area contributed by atoms with E-state index in [-0.39, 0.29) is 11.7 Å². The van der Waals surface area contributed by atoms with Crippen LogP contribution in [0, 0.1) is 11.7 Å². The number of halogens is 1. The van der Waals surface area contributed by atoms with Crippen molar-refractivity contribution < 1.29 is 9.18 Å². The first-order chi connectivity index (χ1) is 9.72. The average Bonchev–Trinajstić information content (AvgIpc) is 3.15. The maximum Gasteiger partial charge on any atom is 0.223 e. The number of allylic oxidation sites excluding steroid dienone is 2. The van der Waals surface area contributed by atoms with Gasteiger partial charge in [0, 0.05) is 19.0 Å². The zero-order valence-corrected chi connectivity index (χ0v) is 11.6. The van der Waals surface area contributed by atoms with E-state index in [1.807, 2.05) is 4.90 Å². The number of amides is 1. The van der Waals surface area contributed by atoms with Crippen LogP contribution in [0.4, 0.5) is 4.39 Å². The van der Waals surface area contributed by atoms with Crippen molar-refractivity contribution in [1.82, 2.24) is 4.90 Å². The van der Waals surface area contributed by atoms with Crippen molar-refractivity contribution >= 4 is 5.91 Å². The van der Waals surface area contributed by atoms with Gasteiger partial charge in [-0.2, -0.15) is 0 Å². The van der Waals surface area contributed by atoms with Crippen LogP contribution < -0.4 is 0 Å². The molecule has 2 aliphatic rings. The van der Waals surface area contributed by atoms with E-state index in [9.17, 15) is 9.18 Å². The molecule has 0 bridgehead atoms. The highest BCUT2D eigenvalue weighted by molar-refractivity contribution is 5.77. The van der Waals surface area contributed by atoms with Crippen LogP contribution in [0.5, 0.6) is 0 Å². The predicted octanol–water partition coefficient (Wildman–Crippen LogP) is 3.67. The lowest BCUT2D eigenvalue weighted by Gasteiger charge is -2.24. The number of rotatable bonds is 5. The normalized spacial score (nSPS) is 21.1. The lowest BCUT2D eigenvalue weighted by Crippen LogP contribution is -2.33. The van der Waals surface area contributed by atoms with Crippen molar-refractivity contribution in [2.75, 3.05) is 0 Å². The third kappa shape index (κ3) is 3.27. The van der Waals surface area contributed by atoms with Crippen LogP contribution >= 0.6 is 0 Å². The Morgan fingerprint density at radius 3 is 2.55 bits per heavy atom. The first-order valence-electron chi connectivity index (χ1n) is 7.43. The minimum Gasteiger partial charge on any atom is -0.335 e. The lowest BCUT2D eigenvalue weighted by atomic mass is 10.0. The van der Waals surface area contributed by atoms with Gasteiger partial charge >= 0.3 is 0 Å². The fourth-order valence-electron chi connectivity index (χ4n) is 2.80. The van der Waals surface area contributed by atoms with Gasteiger partial charge in [0.25, 0.3) is 0 Å². The van der Waals surface area contributed by atoms with Gasteiger partial charge in [-0.05, 0) is 49.3 Å². The van der Waals surface area contributed by atoms with E-state index >= 15 is 0 Å². The second-order valence-corrected chi connectivity index (χ2v) is 5.85. The number of nitrogens with zero attached hydrogens (tertiary/aromatic N) is 1. The average molecular weight is 273 g/mol. The molecule has 1 amide bonds. The van der Waals surface area contributed by atoms with Crippen LogP contribution in [0.2, 0.25) is 0 Å². The summed E-state index contributed by atoms with van der Waals surface area (Å²) in [6.45, 7) is 0.611.